The first-order valence-corrected chi connectivity index (χ1v) is 9.02. The monoisotopic (exact) mass is 351 g/mol. The van der Waals surface area contributed by atoms with Gasteiger partial charge in [0.25, 0.3) is 0 Å². The lowest BCUT2D eigenvalue weighted by atomic mass is 10.2. The lowest BCUT2D eigenvalue weighted by Gasteiger charge is -2.21. The molecule has 0 spiro atoms. The smallest absolute Gasteiger partial charge is 0.240 e. The first-order valence-electron chi connectivity index (χ1n) is 8.14. The summed E-state index contributed by atoms with van der Waals surface area (Å²) in [5.41, 5.74) is 3.05. The second-order valence-corrected chi connectivity index (χ2v) is 7.15. The highest BCUT2D eigenvalue weighted by atomic mass is 32.2. The maximum atomic E-state index is 12.7. The van der Waals surface area contributed by atoms with Crippen molar-refractivity contribution in [3.63, 3.8) is 0 Å². The number of carbonyl (C=O) groups is 1. The molecule has 1 aromatic heterocycles. The fraction of sp³-hybridized carbons (Fsp3) is 0.200. The van der Waals surface area contributed by atoms with Crippen molar-refractivity contribution < 1.29 is 4.79 Å². The van der Waals surface area contributed by atoms with E-state index in [0.29, 0.717) is 0 Å². The van der Waals surface area contributed by atoms with Gasteiger partial charge in [0.15, 0.2) is 5.16 Å². The van der Waals surface area contributed by atoms with Gasteiger partial charge in [-0.05, 0) is 24.6 Å². The zero-order valence-corrected chi connectivity index (χ0v) is 15.4. The molecule has 0 aliphatic carbocycles. The van der Waals surface area contributed by atoms with Gasteiger partial charge in [-0.15, -0.1) is 0 Å². The van der Waals surface area contributed by atoms with Gasteiger partial charge in [-0.25, -0.2) is 4.98 Å². The molecule has 0 unspecified atom stereocenters. The normalized spacial score (nSPS) is 12.0. The molecule has 128 valence electrons. The molecule has 25 heavy (non-hydrogen) atoms. The van der Waals surface area contributed by atoms with E-state index in [1.54, 1.807) is 4.90 Å². The van der Waals surface area contributed by atoms with Crippen LogP contribution >= 0.6 is 11.8 Å². The van der Waals surface area contributed by atoms with Crippen LogP contribution in [0.15, 0.2) is 72.0 Å². The van der Waals surface area contributed by atoms with E-state index < -0.39 is 0 Å². The number of rotatable bonds is 5. The van der Waals surface area contributed by atoms with E-state index in [9.17, 15) is 4.79 Å². The van der Waals surface area contributed by atoms with Gasteiger partial charge in [0.05, 0.1) is 17.1 Å². The first-order chi connectivity index (χ1) is 12.1. The SMILES string of the molecule is C[C@H](Sc1ncc(-c2ccccc2)n1C)C(=O)N(C)c1ccccc1. The molecule has 4 nitrogen and oxygen atoms in total. The Bertz CT molecular complexity index is 846. The number of amides is 1. The van der Waals surface area contributed by atoms with E-state index in [1.165, 1.54) is 11.8 Å². The molecule has 0 N–H and O–H groups in total. The third-order valence-corrected chi connectivity index (χ3v) is 5.26. The molecule has 0 aliphatic heterocycles. The van der Waals surface area contributed by atoms with Crippen molar-refractivity contribution in [1.29, 1.82) is 0 Å². The minimum atomic E-state index is -0.227. The third-order valence-electron chi connectivity index (χ3n) is 4.12. The van der Waals surface area contributed by atoms with Crippen molar-refractivity contribution in [2.24, 2.45) is 7.05 Å². The predicted octanol–water partition coefficient (Wildman–Crippen LogP) is 4.23. The molecule has 1 heterocycles. The van der Waals surface area contributed by atoms with Crippen molar-refractivity contribution >= 4 is 23.4 Å². The van der Waals surface area contributed by atoms with Crippen LogP contribution in [-0.4, -0.2) is 27.8 Å². The van der Waals surface area contributed by atoms with E-state index in [2.05, 4.69) is 17.1 Å². The van der Waals surface area contributed by atoms with Crippen molar-refractivity contribution in [1.82, 2.24) is 9.55 Å². The summed E-state index contributed by atoms with van der Waals surface area (Å²) >= 11 is 1.48. The average molecular weight is 351 g/mol. The molecule has 0 radical (unpaired) electrons. The zero-order valence-electron chi connectivity index (χ0n) is 14.6. The van der Waals surface area contributed by atoms with E-state index in [1.807, 2.05) is 80.3 Å². The third kappa shape index (κ3) is 3.77. The Morgan fingerprint density at radius 2 is 1.68 bits per heavy atom. The van der Waals surface area contributed by atoms with Crippen molar-refractivity contribution in [3.05, 3.63) is 66.9 Å². The molecule has 0 bridgehead atoms. The number of anilines is 1. The van der Waals surface area contributed by atoms with Gasteiger partial charge in [-0.1, -0.05) is 60.3 Å². The molecule has 3 rings (SSSR count). The van der Waals surface area contributed by atoms with Gasteiger partial charge in [0.1, 0.15) is 0 Å². The topological polar surface area (TPSA) is 38.1 Å². The van der Waals surface area contributed by atoms with Gasteiger partial charge in [-0.2, -0.15) is 0 Å². The Hall–Kier alpha value is -2.53. The summed E-state index contributed by atoms with van der Waals surface area (Å²) in [6, 6.07) is 19.8. The van der Waals surface area contributed by atoms with Crippen LogP contribution in [0.25, 0.3) is 11.3 Å². The van der Waals surface area contributed by atoms with Crippen LogP contribution in [0.2, 0.25) is 0 Å². The van der Waals surface area contributed by atoms with Gasteiger partial charge in [0.2, 0.25) is 5.91 Å². The second kappa shape index (κ2) is 7.57. The molecular weight excluding hydrogens is 330 g/mol. The average Bonchev–Trinajstić information content (AvgIpc) is 3.02. The number of thioether (sulfide) groups is 1. The van der Waals surface area contributed by atoms with Crippen molar-refractivity contribution in [2.75, 3.05) is 11.9 Å². The van der Waals surface area contributed by atoms with Gasteiger partial charge < -0.3 is 9.47 Å². The Morgan fingerprint density at radius 1 is 1.08 bits per heavy atom. The molecule has 1 amide bonds. The molecule has 1 atom stereocenters. The number of imidazole rings is 1. The van der Waals surface area contributed by atoms with E-state index in [-0.39, 0.29) is 11.2 Å². The lowest BCUT2D eigenvalue weighted by molar-refractivity contribution is -0.117. The number of aromatic nitrogens is 2. The molecule has 3 aromatic rings. The van der Waals surface area contributed by atoms with E-state index in [4.69, 9.17) is 0 Å². The van der Waals surface area contributed by atoms with Crippen LogP contribution < -0.4 is 4.90 Å². The lowest BCUT2D eigenvalue weighted by Crippen LogP contribution is -2.33. The Kier molecular flexibility index (Phi) is 5.24. The summed E-state index contributed by atoms with van der Waals surface area (Å²) in [5.74, 6) is 0.0560. The quantitative estimate of drug-likeness (QED) is 0.646. The molecule has 0 saturated carbocycles. The molecule has 5 heteroatoms. The Labute approximate surface area is 152 Å². The Balaban J connectivity index is 1.74. The maximum absolute atomic E-state index is 12.7. The molecular formula is C20H21N3OS. The number of hydrogen-bond donors (Lipinski definition) is 0. The highest BCUT2D eigenvalue weighted by Crippen LogP contribution is 2.28. The van der Waals surface area contributed by atoms with E-state index in [0.717, 1.165) is 22.1 Å². The van der Waals surface area contributed by atoms with Crippen LogP contribution in [0, 0.1) is 0 Å². The minimum Gasteiger partial charge on any atom is -0.322 e. The van der Waals surface area contributed by atoms with Gasteiger partial charge >= 0.3 is 0 Å². The van der Waals surface area contributed by atoms with Crippen molar-refractivity contribution in [2.45, 2.75) is 17.3 Å². The summed E-state index contributed by atoms with van der Waals surface area (Å²) in [6.45, 7) is 1.92. The summed E-state index contributed by atoms with van der Waals surface area (Å²) in [7, 11) is 3.79. The van der Waals surface area contributed by atoms with Crippen LogP contribution in [0.4, 0.5) is 5.69 Å². The first kappa shape index (κ1) is 17.3. The summed E-state index contributed by atoms with van der Waals surface area (Å²) < 4.78 is 2.03. The second-order valence-electron chi connectivity index (χ2n) is 5.84. The number of nitrogens with zero attached hydrogens (tertiary/aromatic N) is 3. The maximum Gasteiger partial charge on any atom is 0.240 e. The molecule has 0 fully saturated rings. The standard InChI is InChI=1S/C20H21N3OS/c1-15(19(24)22(2)17-12-8-5-9-13-17)25-20-21-14-18(23(20)3)16-10-6-4-7-11-16/h4-15H,1-3H3/t15-/m0/s1. The minimum absolute atomic E-state index is 0.0560. The molecule has 0 aliphatic rings. The number of benzene rings is 2. The number of carbonyl (C=O) groups excluding carboxylic acids is 1. The fourth-order valence-electron chi connectivity index (χ4n) is 2.64. The van der Waals surface area contributed by atoms with Gasteiger partial charge in [-0.3, -0.25) is 4.79 Å². The van der Waals surface area contributed by atoms with Crippen LogP contribution in [0.3, 0.4) is 0 Å². The van der Waals surface area contributed by atoms with Crippen LogP contribution in [-0.2, 0) is 11.8 Å². The number of para-hydroxylation sites is 1. The molecule has 0 saturated heterocycles. The van der Waals surface area contributed by atoms with Crippen LogP contribution in [0.5, 0.6) is 0 Å². The molecule has 2 aromatic carbocycles. The van der Waals surface area contributed by atoms with E-state index >= 15 is 0 Å². The fourth-order valence-corrected chi connectivity index (χ4v) is 3.58. The summed E-state index contributed by atoms with van der Waals surface area (Å²) in [5, 5.41) is 0.607. The van der Waals surface area contributed by atoms with Crippen LogP contribution in [0.1, 0.15) is 6.92 Å². The Morgan fingerprint density at radius 3 is 2.32 bits per heavy atom. The summed E-state index contributed by atoms with van der Waals surface area (Å²) in [4.78, 5) is 18.9. The van der Waals surface area contributed by atoms with Crippen molar-refractivity contribution in [3.8, 4) is 11.3 Å². The summed E-state index contributed by atoms with van der Waals surface area (Å²) in [6.07, 6.45) is 1.86. The highest BCUT2D eigenvalue weighted by Gasteiger charge is 2.22. The predicted molar refractivity (Wildman–Crippen MR) is 104 cm³/mol. The largest absolute Gasteiger partial charge is 0.322 e. The highest BCUT2D eigenvalue weighted by molar-refractivity contribution is 8.00. The zero-order chi connectivity index (χ0) is 17.8. The van der Waals surface area contributed by atoms with Gasteiger partial charge in [0, 0.05) is 19.8 Å². The number of hydrogen-bond acceptors (Lipinski definition) is 3.